The molecular weight excluding hydrogens is 348 g/mol. The second kappa shape index (κ2) is 7.06. The molecule has 0 unspecified atom stereocenters. The molecule has 0 saturated heterocycles. The molecule has 0 spiro atoms. The van der Waals surface area contributed by atoms with Gasteiger partial charge in [-0.1, -0.05) is 11.6 Å². The van der Waals surface area contributed by atoms with Crippen molar-refractivity contribution in [2.45, 2.75) is 0 Å². The van der Waals surface area contributed by atoms with Crippen LogP contribution in [0.5, 0.6) is 5.75 Å². The fraction of sp³-hybridized carbons (Fsp3) is 0.0833. The van der Waals surface area contributed by atoms with Gasteiger partial charge in [0.25, 0.3) is 0 Å². The van der Waals surface area contributed by atoms with Crippen molar-refractivity contribution < 1.29 is 9.53 Å². The van der Waals surface area contributed by atoms with Crippen LogP contribution in [0.3, 0.4) is 0 Å². The molecule has 104 valence electrons. The fourth-order valence-electron chi connectivity index (χ4n) is 1.24. The predicted molar refractivity (Wildman–Crippen MR) is 78.8 cm³/mol. The second-order valence-corrected chi connectivity index (χ2v) is 4.95. The van der Waals surface area contributed by atoms with Gasteiger partial charge >= 0.3 is 6.03 Å². The first-order valence-corrected chi connectivity index (χ1v) is 6.71. The van der Waals surface area contributed by atoms with Crippen molar-refractivity contribution in [2.24, 2.45) is 0 Å². The molecule has 8 heteroatoms. The number of ether oxygens (including phenoxy) is 1. The van der Waals surface area contributed by atoms with Gasteiger partial charge in [-0.25, -0.2) is 14.8 Å². The first-order valence-electron chi connectivity index (χ1n) is 5.54. The van der Waals surface area contributed by atoms with Crippen molar-refractivity contribution in [3.05, 3.63) is 46.2 Å². The van der Waals surface area contributed by atoms with Gasteiger partial charge in [0.15, 0.2) is 6.73 Å². The molecule has 2 amide bonds. The van der Waals surface area contributed by atoms with Gasteiger partial charge in [0, 0.05) is 17.4 Å². The molecule has 0 saturated carbocycles. The Hall–Kier alpha value is -1.86. The summed E-state index contributed by atoms with van der Waals surface area (Å²) in [5.74, 6) is 0.812. The molecule has 0 radical (unpaired) electrons. The van der Waals surface area contributed by atoms with Crippen LogP contribution in [0.4, 0.5) is 10.7 Å². The smallest absolute Gasteiger partial charge is 0.324 e. The maximum atomic E-state index is 11.5. The lowest BCUT2D eigenvalue weighted by Crippen LogP contribution is -2.32. The highest BCUT2D eigenvalue weighted by Crippen LogP contribution is 2.14. The molecule has 2 rings (SSSR count). The van der Waals surface area contributed by atoms with Gasteiger partial charge in [-0.15, -0.1) is 0 Å². The van der Waals surface area contributed by atoms with Gasteiger partial charge in [0.1, 0.15) is 5.75 Å². The Morgan fingerprint density at radius 1 is 1.25 bits per heavy atom. The van der Waals surface area contributed by atoms with Crippen LogP contribution in [0, 0.1) is 0 Å². The molecule has 0 fully saturated rings. The van der Waals surface area contributed by atoms with E-state index in [4.69, 9.17) is 16.3 Å². The van der Waals surface area contributed by atoms with Gasteiger partial charge < -0.3 is 10.1 Å². The number of nitrogens with one attached hydrogen (secondary N) is 2. The van der Waals surface area contributed by atoms with E-state index >= 15 is 0 Å². The number of halogens is 2. The first-order chi connectivity index (χ1) is 9.63. The monoisotopic (exact) mass is 356 g/mol. The van der Waals surface area contributed by atoms with E-state index in [-0.39, 0.29) is 12.7 Å². The lowest BCUT2D eigenvalue weighted by molar-refractivity contribution is 0.234. The number of aromatic nitrogens is 2. The summed E-state index contributed by atoms with van der Waals surface area (Å²) in [6.07, 6.45) is 3.07. The van der Waals surface area contributed by atoms with Crippen molar-refractivity contribution in [1.29, 1.82) is 0 Å². The molecule has 0 bridgehead atoms. The van der Waals surface area contributed by atoms with Crippen LogP contribution < -0.4 is 15.4 Å². The molecule has 2 aromatic rings. The molecule has 2 N–H and O–H groups in total. The van der Waals surface area contributed by atoms with Crippen molar-refractivity contribution in [3.63, 3.8) is 0 Å². The van der Waals surface area contributed by atoms with Gasteiger partial charge in [-0.2, -0.15) is 0 Å². The number of carbonyl (C=O) groups excluding carboxylic acids is 1. The van der Waals surface area contributed by atoms with Crippen LogP contribution in [0.2, 0.25) is 5.02 Å². The fourth-order valence-corrected chi connectivity index (χ4v) is 1.57. The summed E-state index contributed by atoms with van der Waals surface area (Å²) >= 11 is 8.95. The Bertz CT molecular complexity index is 577. The summed E-state index contributed by atoms with van der Waals surface area (Å²) in [5.41, 5.74) is 0. The highest BCUT2D eigenvalue weighted by atomic mass is 79.9. The Morgan fingerprint density at radius 2 is 1.90 bits per heavy atom. The number of nitrogens with zero attached hydrogens (tertiary/aromatic N) is 2. The minimum absolute atomic E-state index is 0.0179. The van der Waals surface area contributed by atoms with Crippen molar-refractivity contribution >= 4 is 39.5 Å². The second-order valence-electron chi connectivity index (χ2n) is 3.60. The molecule has 1 heterocycles. The normalized spacial score (nSPS) is 9.90. The van der Waals surface area contributed by atoms with Crippen molar-refractivity contribution in [1.82, 2.24) is 15.3 Å². The van der Waals surface area contributed by atoms with Crippen LogP contribution >= 0.6 is 27.5 Å². The van der Waals surface area contributed by atoms with E-state index in [1.54, 1.807) is 24.3 Å². The minimum Gasteiger partial charge on any atom is -0.473 e. The first kappa shape index (κ1) is 14.5. The van der Waals surface area contributed by atoms with Gasteiger partial charge in [-0.05, 0) is 40.2 Å². The molecule has 0 aliphatic rings. The van der Waals surface area contributed by atoms with E-state index in [9.17, 15) is 4.79 Å². The lowest BCUT2D eigenvalue weighted by atomic mass is 10.3. The topological polar surface area (TPSA) is 76.1 Å². The van der Waals surface area contributed by atoms with Crippen LogP contribution in [-0.4, -0.2) is 22.7 Å². The summed E-state index contributed by atoms with van der Waals surface area (Å²) < 4.78 is 6.04. The number of benzene rings is 1. The summed E-state index contributed by atoms with van der Waals surface area (Å²) in [5, 5.41) is 5.60. The van der Waals surface area contributed by atoms with Crippen LogP contribution in [0.1, 0.15) is 0 Å². The van der Waals surface area contributed by atoms with Crippen molar-refractivity contribution in [2.75, 3.05) is 12.0 Å². The van der Waals surface area contributed by atoms with Gasteiger partial charge in [0.05, 0.1) is 4.47 Å². The van der Waals surface area contributed by atoms with Crippen LogP contribution in [-0.2, 0) is 0 Å². The van der Waals surface area contributed by atoms with Crippen LogP contribution in [0.25, 0.3) is 0 Å². The average Bonchev–Trinajstić information content (AvgIpc) is 2.44. The van der Waals surface area contributed by atoms with Gasteiger partial charge in [0.2, 0.25) is 5.95 Å². The largest absolute Gasteiger partial charge is 0.473 e. The SMILES string of the molecule is O=C(NCOc1ccc(Cl)cc1)Nc1ncc(Br)cn1. The summed E-state index contributed by atoms with van der Waals surface area (Å²) in [4.78, 5) is 19.3. The molecule has 1 aromatic heterocycles. The third-order valence-corrected chi connectivity index (χ3v) is 2.79. The van der Waals surface area contributed by atoms with Gasteiger partial charge in [-0.3, -0.25) is 5.32 Å². The van der Waals surface area contributed by atoms with Crippen molar-refractivity contribution in [3.8, 4) is 5.75 Å². The number of hydrogen-bond donors (Lipinski definition) is 2. The van der Waals surface area contributed by atoms with E-state index < -0.39 is 6.03 Å². The predicted octanol–water partition coefficient (Wildman–Crippen LogP) is 3.05. The number of amides is 2. The zero-order chi connectivity index (χ0) is 14.4. The third kappa shape index (κ3) is 4.67. The Morgan fingerprint density at radius 3 is 2.55 bits per heavy atom. The number of hydrogen-bond acceptors (Lipinski definition) is 4. The third-order valence-electron chi connectivity index (χ3n) is 2.13. The Labute approximate surface area is 128 Å². The molecule has 1 aromatic carbocycles. The molecule has 0 atom stereocenters. The average molecular weight is 358 g/mol. The highest BCUT2D eigenvalue weighted by molar-refractivity contribution is 9.10. The van der Waals surface area contributed by atoms with E-state index in [0.717, 1.165) is 4.47 Å². The number of rotatable bonds is 4. The Kier molecular flexibility index (Phi) is 5.14. The molecule has 0 aliphatic heterocycles. The van der Waals surface area contributed by atoms with E-state index in [1.165, 1.54) is 12.4 Å². The maximum absolute atomic E-state index is 11.5. The molecular formula is C12H10BrClN4O2. The minimum atomic E-state index is -0.457. The highest BCUT2D eigenvalue weighted by Gasteiger charge is 2.03. The molecule has 0 aliphatic carbocycles. The number of urea groups is 1. The molecule has 20 heavy (non-hydrogen) atoms. The summed E-state index contributed by atoms with van der Waals surface area (Å²) in [7, 11) is 0. The number of anilines is 1. The standard InChI is InChI=1S/C12H10BrClN4O2/c13-8-5-15-11(16-6-8)18-12(19)17-7-20-10-3-1-9(14)2-4-10/h1-6H,7H2,(H2,15,16,17,18,19). The quantitative estimate of drug-likeness (QED) is 0.825. The Balaban J connectivity index is 1.75. The van der Waals surface area contributed by atoms with E-state index in [1.807, 2.05) is 0 Å². The molecule has 6 nitrogen and oxygen atoms in total. The van der Waals surface area contributed by atoms with E-state index in [2.05, 4.69) is 36.5 Å². The van der Waals surface area contributed by atoms with Crippen LogP contribution in [0.15, 0.2) is 41.1 Å². The lowest BCUT2D eigenvalue weighted by Gasteiger charge is -2.08. The summed E-state index contributed by atoms with van der Waals surface area (Å²) in [6.45, 7) is 0.0179. The zero-order valence-electron chi connectivity index (χ0n) is 10.1. The maximum Gasteiger partial charge on any atom is 0.324 e. The summed E-state index contributed by atoms with van der Waals surface area (Å²) in [6, 6.07) is 6.36. The zero-order valence-corrected chi connectivity index (χ0v) is 12.5. The van der Waals surface area contributed by atoms with E-state index in [0.29, 0.717) is 10.8 Å². The number of carbonyl (C=O) groups is 1.